The number of aromatic carboxylic acids is 1. The number of thioether (sulfide) groups is 1. The standard InChI is InChI=1S/C34H35ClN2O6S2/c1-22(2)43-27-8-9-28(29(35)21-27)25-7-10-30(42-18-15-36-13-16-41-17-14-36)26(19-25)20-31-32(38)37(34(44)45-31)12-11-23-3-5-24(6-4-23)33(39)40/h3-10,19-22H,11-18H2,1-2H3,(H,39,40)/b31-20-. The molecule has 3 aromatic rings. The van der Waals surface area contributed by atoms with Gasteiger partial charge in [0.2, 0.25) is 0 Å². The summed E-state index contributed by atoms with van der Waals surface area (Å²) >= 11 is 13.5. The van der Waals surface area contributed by atoms with Crippen molar-refractivity contribution in [1.82, 2.24) is 9.80 Å². The van der Waals surface area contributed by atoms with Crippen molar-refractivity contribution in [2.45, 2.75) is 26.4 Å². The van der Waals surface area contributed by atoms with E-state index in [1.54, 1.807) is 29.2 Å². The Morgan fingerprint density at radius 1 is 1.09 bits per heavy atom. The predicted molar refractivity (Wildman–Crippen MR) is 182 cm³/mol. The third kappa shape index (κ3) is 8.65. The Kier molecular flexibility index (Phi) is 11.2. The minimum Gasteiger partial charge on any atom is -0.492 e. The highest BCUT2D eigenvalue weighted by atomic mass is 35.5. The highest BCUT2D eigenvalue weighted by Gasteiger charge is 2.32. The number of carbonyl (C=O) groups excluding carboxylic acids is 1. The van der Waals surface area contributed by atoms with Crippen LogP contribution >= 0.6 is 35.6 Å². The molecular weight excluding hydrogens is 632 g/mol. The molecule has 0 aromatic heterocycles. The fraction of sp³-hybridized carbons (Fsp3) is 0.324. The molecule has 8 nitrogen and oxygen atoms in total. The third-order valence-electron chi connectivity index (χ3n) is 7.39. The van der Waals surface area contributed by atoms with Crippen molar-refractivity contribution in [3.05, 3.63) is 87.3 Å². The van der Waals surface area contributed by atoms with Crippen LogP contribution in [0.25, 0.3) is 17.2 Å². The Morgan fingerprint density at radius 3 is 2.53 bits per heavy atom. The van der Waals surface area contributed by atoms with Gasteiger partial charge in [0.25, 0.3) is 5.91 Å². The van der Waals surface area contributed by atoms with E-state index in [2.05, 4.69) is 4.90 Å². The number of hydrogen-bond acceptors (Lipinski definition) is 8. The maximum atomic E-state index is 13.5. The van der Waals surface area contributed by atoms with Crippen LogP contribution < -0.4 is 9.47 Å². The van der Waals surface area contributed by atoms with Gasteiger partial charge >= 0.3 is 5.97 Å². The lowest BCUT2D eigenvalue weighted by molar-refractivity contribution is -0.122. The van der Waals surface area contributed by atoms with E-state index in [0.717, 1.165) is 55.1 Å². The van der Waals surface area contributed by atoms with E-state index in [9.17, 15) is 9.59 Å². The lowest BCUT2D eigenvalue weighted by Gasteiger charge is -2.26. The molecule has 45 heavy (non-hydrogen) atoms. The van der Waals surface area contributed by atoms with Gasteiger partial charge in [-0.1, -0.05) is 53.8 Å². The predicted octanol–water partition coefficient (Wildman–Crippen LogP) is 6.65. The van der Waals surface area contributed by atoms with Gasteiger partial charge in [-0.2, -0.15) is 0 Å². The molecule has 0 atom stereocenters. The first-order valence-corrected chi connectivity index (χ1v) is 16.4. The molecule has 0 bridgehead atoms. The molecule has 0 unspecified atom stereocenters. The lowest BCUT2D eigenvalue weighted by Crippen LogP contribution is -2.38. The molecular formula is C34H35ClN2O6S2. The van der Waals surface area contributed by atoms with E-state index in [-0.39, 0.29) is 17.6 Å². The molecule has 3 aromatic carbocycles. The van der Waals surface area contributed by atoms with Crippen molar-refractivity contribution in [2.75, 3.05) is 46.0 Å². The first kappa shape index (κ1) is 33.0. The molecule has 1 N–H and O–H groups in total. The molecule has 2 saturated heterocycles. The van der Waals surface area contributed by atoms with Gasteiger partial charge in [0.05, 0.1) is 34.8 Å². The van der Waals surface area contributed by atoms with Crippen LogP contribution in [0.3, 0.4) is 0 Å². The summed E-state index contributed by atoms with van der Waals surface area (Å²) in [5, 5.41) is 9.71. The maximum absolute atomic E-state index is 13.5. The van der Waals surface area contributed by atoms with Crippen molar-refractivity contribution < 1.29 is 28.9 Å². The number of nitrogens with zero attached hydrogens (tertiary/aromatic N) is 2. The number of thiocarbonyl (C=S) groups is 1. The van der Waals surface area contributed by atoms with Gasteiger partial charge in [-0.05, 0) is 79.9 Å². The smallest absolute Gasteiger partial charge is 0.335 e. The van der Waals surface area contributed by atoms with E-state index in [4.69, 9.17) is 43.1 Å². The number of carbonyl (C=O) groups is 2. The zero-order valence-corrected chi connectivity index (χ0v) is 27.6. The van der Waals surface area contributed by atoms with Gasteiger partial charge < -0.3 is 19.3 Å². The molecule has 2 aliphatic rings. The quantitative estimate of drug-likeness (QED) is 0.169. The molecule has 11 heteroatoms. The minimum absolute atomic E-state index is 0.0311. The zero-order chi connectivity index (χ0) is 31.9. The summed E-state index contributed by atoms with van der Waals surface area (Å²) in [6, 6.07) is 18.1. The molecule has 0 radical (unpaired) electrons. The Balaban J connectivity index is 1.37. The molecule has 0 aliphatic carbocycles. The molecule has 236 valence electrons. The van der Waals surface area contributed by atoms with Crippen molar-refractivity contribution in [3.63, 3.8) is 0 Å². The van der Waals surface area contributed by atoms with Crippen LogP contribution in [-0.4, -0.2) is 83.2 Å². The van der Waals surface area contributed by atoms with Crippen LogP contribution in [0.1, 0.15) is 35.3 Å². The van der Waals surface area contributed by atoms with E-state index < -0.39 is 5.97 Å². The van der Waals surface area contributed by atoms with Gasteiger partial charge in [0.15, 0.2) is 0 Å². The largest absolute Gasteiger partial charge is 0.492 e. The Bertz CT molecular complexity index is 1590. The SMILES string of the molecule is CC(C)Oc1ccc(-c2ccc(OCCN3CCOCC3)c(/C=C3\SC(=S)N(CCc4ccc(C(=O)O)cc4)C3=O)c2)c(Cl)c1. The number of ether oxygens (including phenoxy) is 3. The third-order valence-corrected chi connectivity index (χ3v) is 9.08. The van der Waals surface area contributed by atoms with E-state index in [1.165, 1.54) is 11.8 Å². The van der Waals surface area contributed by atoms with Gasteiger partial charge in [0.1, 0.15) is 22.4 Å². The number of benzene rings is 3. The second-order valence-corrected chi connectivity index (χ2v) is 13.0. The van der Waals surface area contributed by atoms with Gasteiger partial charge in [-0.15, -0.1) is 0 Å². The maximum Gasteiger partial charge on any atom is 0.335 e. The van der Waals surface area contributed by atoms with Crippen LogP contribution in [0.15, 0.2) is 65.6 Å². The molecule has 1 amide bonds. The van der Waals surface area contributed by atoms with Crippen LogP contribution in [0.5, 0.6) is 11.5 Å². The van der Waals surface area contributed by atoms with Crippen LogP contribution in [0.4, 0.5) is 0 Å². The number of rotatable bonds is 12. The number of halogens is 1. The summed E-state index contributed by atoms with van der Waals surface area (Å²) in [6.45, 7) is 8.76. The van der Waals surface area contributed by atoms with Crippen molar-refractivity contribution in [3.8, 4) is 22.6 Å². The minimum atomic E-state index is -0.975. The summed E-state index contributed by atoms with van der Waals surface area (Å²) in [6.07, 6.45) is 2.40. The molecule has 5 rings (SSSR count). The van der Waals surface area contributed by atoms with Gasteiger partial charge in [-0.3, -0.25) is 14.6 Å². The van der Waals surface area contributed by atoms with E-state index in [1.807, 2.05) is 56.3 Å². The number of morpholine rings is 1. The summed E-state index contributed by atoms with van der Waals surface area (Å²) in [4.78, 5) is 29.1. The molecule has 2 heterocycles. The summed E-state index contributed by atoms with van der Waals surface area (Å²) in [7, 11) is 0. The molecule has 0 spiro atoms. The van der Waals surface area contributed by atoms with Crippen LogP contribution in [0.2, 0.25) is 5.02 Å². The fourth-order valence-corrected chi connectivity index (χ4v) is 6.61. The summed E-state index contributed by atoms with van der Waals surface area (Å²) < 4.78 is 18.0. The zero-order valence-electron chi connectivity index (χ0n) is 25.2. The molecule has 0 saturated carbocycles. The van der Waals surface area contributed by atoms with Crippen LogP contribution in [-0.2, 0) is 16.0 Å². The van der Waals surface area contributed by atoms with Crippen molar-refractivity contribution in [1.29, 1.82) is 0 Å². The van der Waals surface area contributed by atoms with Crippen LogP contribution in [0, 0.1) is 0 Å². The number of carboxylic acids is 1. The van der Waals surface area contributed by atoms with E-state index >= 15 is 0 Å². The summed E-state index contributed by atoms with van der Waals surface area (Å²) in [5.41, 5.74) is 3.60. The number of hydrogen-bond donors (Lipinski definition) is 1. The number of carboxylic acid groups (broad SMARTS) is 1. The molecule has 2 aliphatic heterocycles. The fourth-order valence-electron chi connectivity index (χ4n) is 5.03. The summed E-state index contributed by atoms with van der Waals surface area (Å²) in [5.74, 6) is 0.205. The monoisotopic (exact) mass is 666 g/mol. The average molecular weight is 667 g/mol. The second-order valence-electron chi connectivity index (χ2n) is 10.9. The van der Waals surface area contributed by atoms with Gasteiger partial charge in [0, 0.05) is 37.3 Å². The Morgan fingerprint density at radius 2 is 1.84 bits per heavy atom. The number of amides is 1. The van der Waals surface area contributed by atoms with Crippen molar-refractivity contribution >= 4 is 57.9 Å². The first-order valence-electron chi connectivity index (χ1n) is 14.8. The first-order chi connectivity index (χ1) is 21.7. The van der Waals surface area contributed by atoms with Gasteiger partial charge in [-0.25, -0.2) is 4.79 Å². The van der Waals surface area contributed by atoms with Crippen molar-refractivity contribution in [2.24, 2.45) is 0 Å². The highest BCUT2D eigenvalue weighted by Crippen LogP contribution is 2.38. The normalized spacial score (nSPS) is 16.5. The Hall–Kier alpha value is -3.41. The average Bonchev–Trinajstić information content (AvgIpc) is 3.28. The lowest BCUT2D eigenvalue weighted by atomic mass is 10.0. The Labute approximate surface area is 277 Å². The second kappa shape index (κ2) is 15.2. The molecule has 2 fully saturated rings. The highest BCUT2D eigenvalue weighted by molar-refractivity contribution is 8.26. The van der Waals surface area contributed by atoms with E-state index in [0.29, 0.717) is 45.3 Å². The topological polar surface area (TPSA) is 88.5 Å².